The number of hydrogen-bond acceptors (Lipinski definition) is 2. The topological polar surface area (TPSA) is 42.1 Å². The van der Waals surface area contributed by atoms with Crippen molar-refractivity contribution in [3.8, 4) is 0 Å². The number of ether oxygens (including phenoxy) is 1. The second-order valence-corrected chi connectivity index (χ2v) is 4.32. The van der Waals surface area contributed by atoms with Crippen molar-refractivity contribution in [2.45, 2.75) is 44.9 Å². The van der Waals surface area contributed by atoms with Gasteiger partial charge in [0.2, 0.25) is 0 Å². The summed E-state index contributed by atoms with van der Waals surface area (Å²) in [5, 5.41) is 0. The molecule has 0 spiro atoms. The molecule has 0 aliphatic heterocycles. The largest absolute Gasteiger partial charge is 0.465 e. The molecule has 0 aromatic carbocycles. The van der Waals surface area contributed by atoms with E-state index in [4.69, 9.17) is 4.74 Å². The van der Waals surface area contributed by atoms with Gasteiger partial charge in [0, 0.05) is 11.9 Å². The maximum Gasteiger partial charge on any atom is 0.314 e. The van der Waals surface area contributed by atoms with Crippen LogP contribution in [-0.4, -0.2) is 17.6 Å². The van der Waals surface area contributed by atoms with E-state index in [1.54, 1.807) is 0 Å². The Hall–Kier alpha value is -1.25. The van der Waals surface area contributed by atoms with E-state index in [1.165, 1.54) is 18.4 Å². The van der Waals surface area contributed by atoms with Gasteiger partial charge in [-0.25, -0.2) is 0 Å². The Morgan fingerprint density at radius 3 is 3.19 bits per heavy atom. The Morgan fingerprint density at radius 2 is 2.38 bits per heavy atom. The van der Waals surface area contributed by atoms with Crippen molar-refractivity contribution in [1.82, 2.24) is 4.98 Å². The third-order valence-electron chi connectivity index (χ3n) is 3.23. The molecule has 0 bridgehead atoms. The summed E-state index contributed by atoms with van der Waals surface area (Å²) in [4.78, 5) is 15.1. The van der Waals surface area contributed by atoms with Crippen LogP contribution in [0.15, 0.2) is 12.3 Å². The fourth-order valence-electron chi connectivity index (χ4n) is 2.42. The Labute approximate surface area is 96.2 Å². The van der Waals surface area contributed by atoms with Gasteiger partial charge in [0.05, 0.1) is 12.5 Å². The first-order valence-corrected chi connectivity index (χ1v) is 6.15. The number of hydrogen-bond donors (Lipinski definition) is 1. The summed E-state index contributed by atoms with van der Waals surface area (Å²) in [7, 11) is 0. The van der Waals surface area contributed by atoms with Crippen molar-refractivity contribution in [3.63, 3.8) is 0 Å². The average molecular weight is 221 g/mol. The molecule has 88 valence electrons. The molecule has 0 saturated carbocycles. The van der Waals surface area contributed by atoms with Gasteiger partial charge in [0.1, 0.15) is 0 Å². The highest BCUT2D eigenvalue weighted by Gasteiger charge is 2.26. The summed E-state index contributed by atoms with van der Waals surface area (Å²) >= 11 is 0. The molecule has 1 aromatic heterocycles. The number of aryl methyl sites for hydroxylation is 1. The lowest BCUT2D eigenvalue weighted by atomic mass is 9.90. The van der Waals surface area contributed by atoms with Crippen LogP contribution in [0.4, 0.5) is 0 Å². The highest BCUT2D eigenvalue weighted by Crippen LogP contribution is 2.29. The number of esters is 1. The van der Waals surface area contributed by atoms with Gasteiger partial charge >= 0.3 is 5.97 Å². The van der Waals surface area contributed by atoms with E-state index in [9.17, 15) is 4.79 Å². The molecule has 1 N–H and O–H groups in total. The van der Waals surface area contributed by atoms with Crippen LogP contribution >= 0.6 is 0 Å². The van der Waals surface area contributed by atoms with Gasteiger partial charge in [-0.2, -0.15) is 0 Å². The van der Waals surface area contributed by atoms with Crippen LogP contribution < -0.4 is 0 Å². The van der Waals surface area contributed by atoms with Crippen LogP contribution in [-0.2, 0) is 16.0 Å². The summed E-state index contributed by atoms with van der Waals surface area (Å²) in [6.45, 7) is 2.32. The predicted molar refractivity (Wildman–Crippen MR) is 62.3 cm³/mol. The number of rotatable bonds is 2. The van der Waals surface area contributed by atoms with Gasteiger partial charge in [-0.15, -0.1) is 0 Å². The summed E-state index contributed by atoms with van der Waals surface area (Å²) in [5.41, 5.74) is 2.37. The predicted octanol–water partition coefficient (Wildman–Crippen LogP) is 2.78. The molecule has 3 heteroatoms. The van der Waals surface area contributed by atoms with Crippen molar-refractivity contribution in [3.05, 3.63) is 23.5 Å². The zero-order valence-electron chi connectivity index (χ0n) is 9.79. The number of nitrogens with one attached hydrogen (secondary N) is 1. The maximum absolute atomic E-state index is 11.9. The Morgan fingerprint density at radius 1 is 1.50 bits per heavy atom. The highest BCUT2D eigenvalue weighted by atomic mass is 16.5. The van der Waals surface area contributed by atoms with Gasteiger partial charge in [-0.05, 0) is 37.8 Å². The molecule has 1 aliphatic carbocycles. The fourth-order valence-corrected chi connectivity index (χ4v) is 2.42. The molecule has 1 aromatic rings. The van der Waals surface area contributed by atoms with Crippen molar-refractivity contribution in [2.75, 3.05) is 6.61 Å². The molecule has 16 heavy (non-hydrogen) atoms. The minimum absolute atomic E-state index is 0.0758. The van der Waals surface area contributed by atoms with E-state index in [0.29, 0.717) is 6.61 Å². The first-order chi connectivity index (χ1) is 7.83. The van der Waals surface area contributed by atoms with Crippen molar-refractivity contribution in [1.29, 1.82) is 0 Å². The Balaban J connectivity index is 2.21. The Bertz CT molecular complexity index is 357. The lowest BCUT2D eigenvalue weighted by Crippen LogP contribution is -2.18. The molecule has 1 unspecified atom stereocenters. The normalized spacial score (nSPS) is 20.7. The van der Waals surface area contributed by atoms with E-state index in [1.807, 2.05) is 13.1 Å². The third kappa shape index (κ3) is 2.29. The smallest absolute Gasteiger partial charge is 0.314 e. The molecule has 0 amide bonds. The SMILES string of the molecule is CCOC(=O)C1CCCCCc2cc[nH]c21. The third-order valence-corrected chi connectivity index (χ3v) is 3.23. The number of aromatic nitrogens is 1. The maximum atomic E-state index is 11.9. The van der Waals surface area contributed by atoms with Gasteiger partial charge < -0.3 is 9.72 Å². The zero-order valence-corrected chi connectivity index (χ0v) is 9.79. The zero-order chi connectivity index (χ0) is 11.4. The van der Waals surface area contributed by atoms with Gasteiger partial charge in [0.15, 0.2) is 0 Å². The van der Waals surface area contributed by atoms with Crippen LogP contribution in [0.1, 0.15) is 49.8 Å². The summed E-state index contributed by atoms with van der Waals surface area (Å²) < 4.78 is 5.15. The molecule has 0 radical (unpaired) electrons. The first-order valence-electron chi connectivity index (χ1n) is 6.15. The molecule has 1 heterocycles. The molecule has 1 aliphatic rings. The van der Waals surface area contributed by atoms with E-state index in [-0.39, 0.29) is 11.9 Å². The number of H-pyrrole nitrogens is 1. The van der Waals surface area contributed by atoms with Gasteiger partial charge in [-0.3, -0.25) is 4.79 Å². The summed E-state index contributed by atoms with van der Waals surface area (Å²) in [6, 6.07) is 2.09. The molecule has 0 fully saturated rings. The van der Waals surface area contributed by atoms with Crippen LogP contribution in [0.3, 0.4) is 0 Å². The molecule has 2 rings (SSSR count). The number of fused-ring (bicyclic) bond motifs is 1. The van der Waals surface area contributed by atoms with Crippen molar-refractivity contribution < 1.29 is 9.53 Å². The number of carbonyl (C=O) groups is 1. The second kappa shape index (κ2) is 5.19. The minimum atomic E-state index is -0.0785. The van der Waals surface area contributed by atoms with Gasteiger partial charge in [0.25, 0.3) is 0 Å². The van der Waals surface area contributed by atoms with Crippen molar-refractivity contribution in [2.24, 2.45) is 0 Å². The Kier molecular flexibility index (Phi) is 3.65. The van der Waals surface area contributed by atoms with Crippen molar-refractivity contribution >= 4 is 5.97 Å². The van der Waals surface area contributed by atoms with E-state index in [2.05, 4.69) is 11.1 Å². The molecular formula is C13H19NO2. The van der Waals surface area contributed by atoms with E-state index < -0.39 is 0 Å². The van der Waals surface area contributed by atoms with Gasteiger partial charge in [-0.1, -0.05) is 12.8 Å². The van der Waals surface area contributed by atoms with E-state index >= 15 is 0 Å². The number of carbonyl (C=O) groups excluding carboxylic acids is 1. The molecule has 1 atom stereocenters. The van der Waals surface area contributed by atoms with Crippen LogP contribution in [0.25, 0.3) is 0 Å². The lowest BCUT2D eigenvalue weighted by molar-refractivity contribution is -0.145. The highest BCUT2D eigenvalue weighted by molar-refractivity contribution is 5.78. The first kappa shape index (κ1) is 11.2. The fraction of sp³-hybridized carbons (Fsp3) is 0.615. The molecule has 3 nitrogen and oxygen atoms in total. The lowest BCUT2D eigenvalue weighted by Gasteiger charge is -2.18. The second-order valence-electron chi connectivity index (χ2n) is 4.32. The molecule has 0 saturated heterocycles. The quantitative estimate of drug-likeness (QED) is 0.780. The van der Waals surface area contributed by atoms with Crippen LogP contribution in [0.2, 0.25) is 0 Å². The average Bonchev–Trinajstić information content (AvgIpc) is 2.66. The van der Waals surface area contributed by atoms with Crippen LogP contribution in [0, 0.1) is 0 Å². The van der Waals surface area contributed by atoms with Crippen LogP contribution in [0.5, 0.6) is 0 Å². The standard InChI is InChI=1S/C13H19NO2/c1-2-16-13(15)11-7-5-3-4-6-10-8-9-14-12(10)11/h8-9,11,14H,2-7H2,1H3. The number of aromatic amines is 1. The van der Waals surface area contributed by atoms with E-state index in [0.717, 1.165) is 25.0 Å². The minimum Gasteiger partial charge on any atom is -0.465 e. The summed E-state index contributed by atoms with van der Waals surface area (Å²) in [5.74, 6) is -0.154. The monoisotopic (exact) mass is 221 g/mol. The molecular weight excluding hydrogens is 202 g/mol. The summed E-state index contributed by atoms with van der Waals surface area (Å²) in [6.07, 6.45) is 7.46.